The molecule has 3 heterocycles. The van der Waals surface area contributed by atoms with Gasteiger partial charge in [-0.2, -0.15) is 0 Å². The van der Waals surface area contributed by atoms with Crippen LogP contribution in [0.2, 0.25) is 0 Å². The van der Waals surface area contributed by atoms with Gasteiger partial charge in [0.2, 0.25) is 0 Å². The molecule has 0 aromatic carbocycles. The van der Waals surface area contributed by atoms with Gasteiger partial charge in [-0.05, 0) is 57.7 Å². The lowest BCUT2D eigenvalue weighted by Gasteiger charge is -2.38. The van der Waals surface area contributed by atoms with Crippen LogP contribution in [0.15, 0.2) is 0 Å². The van der Waals surface area contributed by atoms with Crippen molar-refractivity contribution in [2.45, 2.75) is 50.6 Å². The van der Waals surface area contributed by atoms with Crippen LogP contribution in [0.3, 0.4) is 0 Å². The number of rotatable bonds is 3. The van der Waals surface area contributed by atoms with E-state index in [2.05, 4.69) is 9.80 Å². The summed E-state index contributed by atoms with van der Waals surface area (Å²) in [6.07, 6.45) is 6.60. The molecule has 3 aliphatic heterocycles. The molecule has 3 rings (SSSR count). The Morgan fingerprint density at radius 3 is 2.28 bits per heavy atom. The minimum absolute atomic E-state index is 0.369. The maximum Gasteiger partial charge on any atom is 0.303 e. The molecular weight excluding hydrogens is 228 g/mol. The highest BCUT2D eigenvalue weighted by Gasteiger charge is 2.40. The Kier molecular flexibility index (Phi) is 3.57. The van der Waals surface area contributed by atoms with Crippen LogP contribution in [0, 0.1) is 5.92 Å². The Labute approximate surface area is 109 Å². The van der Waals surface area contributed by atoms with Crippen LogP contribution in [0.4, 0.5) is 0 Å². The van der Waals surface area contributed by atoms with Crippen LogP contribution in [0.25, 0.3) is 0 Å². The minimum atomic E-state index is -0.628. The van der Waals surface area contributed by atoms with Crippen molar-refractivity contribution in [1.29, 1.82) is 0 Å². The summed E-state index contributed by atoms with van der Waals surface area (Å²) in [6, 6.07) is 1.57. The summed E-state index contributed by atoms with van der Waals surface area (Å²) in [4.78, 5) is 16.0. The number of fused-ring (bicyclic) bond motifs is 1. The second-order valence-corrected chi connectivity index (χ2v) is 6.18. The Morgan fingerprint density at radius 1 is 0.944 bits per heavy atom. The van der Waals surface area contributed by atoms with Gasteiger partial charge in [0.15, 0.2) is 0 Å². The first-order valence-electron chi connectivity index (χ1n) is 7.44. The summed E-state index contributed by atoms with van der Waals surface area (Å²) in [5, 5.41) is 8.85. The lowest BCUT2D eigenvalue weighted by atomic mass is 9.91. The molecule has 3 aliphatic rings. The molecule has 0 bridgehead atoms. The molecule has 0 amide bonds. The van der Waals surface area contributed by atoms with E-state index in [-0.39, 0.29) is 0 Å². The van der Waals surface area contributed by atoms with Gasteiger partial charge in [0, 0.05) is 25.0 Å². The lowest BCUT2D eigenvalue weighted by molar-refractivity contribution is -0.138. The van der Waals surface area contributed by atoms with Crippen molar-refractivity contribution < 1.29 is 9.90 Å². The number of hydrogen-bond acceptors (Lipinski definition) is 3. The molecule has 2 unspecified atom stereocenters. The molecule has 2 atom stereocenters. The van der Waals surface area contributed by atoms with E-state index in [4.69, 9.17) is 5.11 Å². The quantitative estimate of drug-likeness (QED) is 0.825. The van der Waals surface area contributed by atoms with Crippen molar-refractivity contribution in [3.05, 3.63) is 0 Å². The number of carboxylic acid groups (broad SMARTS) is 1. The first-order valence-corrected chi connectivity index (χ1v) is 7.44. The van der Waals surface area contributed by atoms with Crippen molar-refractivity contribution in [2.24, 2.45) is 5.92 Å². The third kappa shape index (κ3) is 2.41. The SMILES string of the molecule is O=C(O)CC1CCN(C2CCN3CCCC23)CC1. The van der Waals surface area contributed by atoms with E-state index in [1.54, 1.807) is 0 Å². The van der Waals surface area contributed by atoms with E-state index in [0.29, 0.717) is 12.3 Å². The summed E-state index contributed by atoms with van der Waals surface area (Å²) in [5.74, 6) is -0.212. The standard InChI is InChI=1S/C14H24N2O2/c17-14(18)10-11-3-7-16(8-4-11)13-5-9-15-6-1-2-12(13)15/h11-13H,1-10H2,(H,17,18). The Bertz CT molecular complexity index is 313. The predicted molar refractivity (Wildman–Crippen MR) is 69.5 cm³/mol. The fourth-order valence-electron chi connectivity index (χ4n) is 4.22. The number of carbonyl (C=O) groups is 1. The molecule has 4 nitrogen and oxygen atoms in total. The van der Waals surface area contributed by atoms with Crippen molar-refractivity contribution >= 4 is 5.97 Å². The molecule has 0 spiro atoms. The Balaban J connectivity index is 1.52. The number of piperidine rings is 1. The first kappa shape index (κ1) is 12.4. The van der Waals surface area contributed by atoms with Crippen LogP contribution >= 0.6 is 0 Å². The third-order valence-electron chi connectivity index (χ3n) is 5.15. The Hall–Kier alpha value is -0.610. The molecule has 0 saturated carbocycles. The van der Waals surface area contributed by atoms with Crippen molar-refractivity contribution in [1.82, 2.24) is 9.80 Å². The summed E-state index contributed by atoms with van der Waals surface area (Å²) >= 11 is 0. The van der Waals surface area contributed by atoms with Crippen LogP contribution in [0.5, 0.6) is 0 Å². The van der Waals surface area contributed by atoms with Crippen LogP contribution in [-0.4, -0.2) is 59.1 Å². The maximum atomic E-state index is 10.7. The molecule has 3 saturated heterocycles. The fraction of sp³-hybridized carbons (Fsp3) is 0.929. The van der Waals surface area contributed by atoms with Gasteiger partial charge in [-0.15, -0.1) is 0 Å². The van der Waals surface area contributed by atoms with Crippen LogP contribution in [-0.2, 0) is 4.79 Å². The zero-order valence-electron chi connectivity index (χ0n) is 11.1. The average molecular weight is 252 g/mol. The zero-order valence-corrected chi connectivity index (χ0v) is 11.1. The van der Waals surface area contributed by atoms with Gasteiger partial charge in [-0.25, -0.2) is 0 Å². The first-order chi connectivity index (χ1) is 8.74. The minimum Gasteiger partial charge on any atom is -0.481 e. The van der Waals surface area contributed by atoms with Gasteiger partial charge >= 0.3 is 5.97 Å². The largest absolute Gasteiger partial charge is 0.481 e. The molecular formula is C14H24N2O2. The molecule has 18 heavy (non-hydrogen) atoms. The van der Waals surface area contributed by atoms with E-state index in [0.717, 1.165) is 38.0 Å². The highest BCUT2D eigenvalue weighted by atomic mass is 16.4. The van der Waals surface area contributed by atoms with Crippen molar-refractivity contribution in [2.75, 3.05) is 26.2 Å². The highest BCUT2D eigenvalue weighted by molar-refractivity contribution is 5.67. The van der Waals surface area contributed by atoms with Gasteiger partial charge in [0.25, 0.3) is 0 Å². The highest BCUT2D eigenvalue weighted by Crippen LogP contribution is 2.33. The molecule has 1 N–H and O–H groups in total. The summed E-state index contributed by atoms with van der Waals surface area (Å²) in [5.41, 5.74) is 0. The third-order valence-corrected chi connectivity index (χ3v) is 5.15. The summed E-state index contributed by atoms with van der Waals surface area (Å²) in [6.45, 7) is 4.82. The number of likely N-dealkylation sites (tertiary alicyclic amines) is 1. The number of nitrogens with zero attached hydrogens (tertiary/aromatic N) is 2. The molecule has 0 aromatic heterocycles. The zero-order chi connectivity index (χ0) is 12.5. The molecule has 0 aliphatic carbocycles. The van der Waals surface area contributed by atoms with E-state index in [1.165, 1.54) is 32.4 Å². The second kappa shape index (κ2) is 5.17. The predicted octanol–water partition coefficient (Wildman–Crippen LogP) is 1.41. The van der Waals surface area contributed by atoms with Crippen LogP contribution in [0.1, 0.15) is 38.5 Å². The van der Waals surface area contributed by atoms with Gasteiger partial charge in [0.05, 0.1) is 0 Å². The molecule has 0 radical (unpaired) electrons. The van der Waals surface area contributed by atoms with Crippen molar-refractivity contribution in [3.8, 4) is 0 Å². The summed E-state index contributed by atoms with van der Waals surface area (Å²) < 4.78 is 0. The van der Waals surface area contributed by atoms with E-state index < -0.39 is 5.97 Å². The number of carboxylic acids is 1. The fourth-order valence-corrected chi connectivity index (χ4v) is 4.22. The van der Waals surface area contributed by atoms with Gasteiger partial charge < -0.3 is 5.11 Å². The smallest absolute Gasteiger partial charge is 0.303 e. The molecule has 0 aromatic rings. The van der Waals surface area contributed by atoms with E-state index in [1.807, 2.05) is 0 Å². The normalized spacial score (nSPS) is 34.9. The van der Waals surface area contributed by atoms with Gasteiger partial charge in [0.1, 0.15) is 0 Å². The monoisotopic (exact) mass is 252 g/mol. The molecule has 3 fully saturated rings. The number of hydrogen-bond donors (Lipinski definition) is 1. The number of aliphatic carboxylic acids is 1. The van der Waals surface area contributed by atoms with Gasteiger partial charge in [-0.1, -0.05) is 0 Å². The van der Waals surface area contributed by atoms with Crippen molar-refractivity contribution in [3.63, 3.8) is 0 Å². The van der Waals surface area contributed by atoms with Gasteiger partial charge in [-0.3, -0.25) is 14.6 Å². The molecule has 4 heteroatoms. The Morgan fingerprint density at radius 2 is 1.56 bits per heavy atom. The maximum absolute atomic E-state index is 10.7. The van der Waals surface area contributed by atoms with Crippen LogP contribution < -0.4 is 0 Å². The topological polar surface area (TPSA) is 43.8 Å². The second-order valence-electron chi connectivity index (χ2n) is 6.18. The molecule has 102 valence electrons. The summed E-state index contributed by atoms with van der Waals surface area (Å²) in [7, 11) is 0. The van der Waals surface area contributed by atoms with E-state index in [9.17, 15) is 4.79 Å². The average Bonchev–Trinajstić information content (AvgIpc) is 2.91. The lowest BCUT2D eigenvalue weighted by Crippen LogP contribution is -2.46. The van der Waals surface area contributed by atoms with E-state index >= 15 is 0 Å².